The first kappa shape index (κ1) is 33.0. The molecule has 10 N–H and O–H groups in total. The number of nitrogens with zero attached hydrogens (tertiary/aromatic N) is 2. The number of rotatable bonds is 4. The van der Waals surface area contributed by atoms with Crippen molar-refractivity contribution in [2.45, 2.75) is 19.3 Å². The molecule has 0 atom stereocenters. The Labute approximate surface area is 171 Å². The molecule has 2 aromatic heterocycles. The summed E-state index contributed by atoms with van der Waals surface area (Å²) in [4.78, 5) is 28.7. The van der Waals surface area contributed by atoms with Gasteiger partial charge in [0.15, 0.2) is 0 Å². The molecule has 1 aliphatic carbocycles. The monoisotopic (exact) mass is 449 g/mol. The third kappa shape index (κ3) is 8.39. The number of anilines is 2. The quantitative estimate of drug-likeness (QED) is 0.279. The van der Waals surface area contributed by atoms with Crippen LogP contribution < -0.4 is 15.5 Å². The maximum atomic E-state index is 10.2. The van der Waals surface area contributed by atoms with Crippen LogP contribution in [0.2, 0.25) is 0 Å². The maximum absolute atomic E-state index is 10.2. The Morgan fingerprint density at radius 2 is 1.25 bits per heavy atom. The maximum Gasteiger partial charge on any atom is 2.00 e. The Morgan fingerprint density at radius 1 is 0.857 bits per heavy atom. The van der Waals surface area contributed by atoms with Crippen molar-refractivity contribution in [1.82, 2.24) is 9.97 Å². The van der Waals surface area contributed by atoms with Crippen LogP contribution >= 0.6 is 0 Å². The minimum atomic E-state index is -1.67. The Morgan fingerprint density at radius 3 is 1.43 bits per heavy atom. The second-order valence-electron chi connectivity index (χ2n) is 5.07. The predicted molar refractivity (Wildman–Crippen MR) is 93.8 cm³/mol. The van der Waals surface area contributed by atoms with Crippen LogP contribution in [0.4, 0.5) is 11.6 Å². The van der Waals surface area contributed by atoms with Crippen molar-refractivity contribution in [3.8, 4) is 0 Å². The molecule has 2 aromatic rings. The Bertz CT molecular complexity index is 619. The van der Waals surface area contributed by atoms with Crippen molar-refractivity contribution < 1.29 is 58.8 Å². The van der Waals surface area contributed by atoms with Gasteiger partial charge in [-0.3, -0.25) is 0 Å². The zero-order valence-corrected chi connectivity index (χ0v) is 15.6. The van der Waals surface area contributed by atoms with Crippen LogP contribution in [0.1, 0.15) is 19.3 Å². The van der Waals surface area contributed by atoms with Crippen molar-refractivity contribution in [2.24, 2.45) is 5.41 Å². The largest absolute Gasteiger partial charge is 2.00 e. The number of hydrogen-bond donors (Lipinski definition) is 1. The molecule has 1 saturated carbocycles. The summed E-state index contributed by atoms with van der Waals surface area (Å²) in [5.74, 6) is -1.42. The average Bonchev–Trinajstić information content (AvgIpc) is 2.48. The summed E-state index contributed by atoms with van der Waals surface area (Å²) in [5, 5.41) is 23.5. The normalized spacial score (nSPS) is 12.0. The fourth-order valence-electron chi connectivity index (χ4n) is 2.03. The first-order valence-corrected chi connectivity index (χ1v) is 7.06. The summed E-state index contributed by atoms with van der Waals surface area (Å²) in [6.07, 6.45) is 4.41. The van der Waals surface area contributed by atoms with Crippen LogP contribution in [0.5, 0.6) is 0 Å². The molecule has 0 saturated heterocycles. The topological polar surface area (TPSA) is 246 Å². The van der Waals surface area contributed by atoms with Gasteiger partial charge >= 0.3 is 17.1 Å². The van der Waals surface area contributed by atoms with Crippen LogP contribution in [0.15, 0.2) is 48.8 Å². The SMILES string of the molecule is O.O.O.O=C([O-])C1(C(=O)[O-])CCC1.[Cu+2].[OH3+].c1ccc(Nc2ccccn2)nc1. The standard InChI is InChI=1S/C10H9N3.C6H8O4.Cu.4H2O/c1-3-7-11-9(5-1)13-10-6-2-4-8-12-10;7-4(8)6(5(9)10)2-1-3-6;;;;;/h1-8H,(H,11,12,13);1-3H2,(H,7,8)(H,9,10);;4*1H2/q;;+2;;;;/p-1. The first-order chi connectivity index (χ1) is 11.0. The van der Waals surface area contributed by atoms with E-state index in [0.29, 0.717) is 6.42 Å². The van der Waals surface area contributed by atoms with Gasteiger partial charge in [0.2, 0.25) is 0 Å². The third-order valence-electron chi connectivity index (χ3n) is 3.57. The van der Waals surface area contributed by atoms with E-state index in [1.54, 1.807) is 12.4 Å². The molecular formula is C16H24CuN3O8+. The van der Waals surface area contributed by atoms with Gasteiger partial charge in [-0.25, -0.2) is 9.97 Å². The van der Waals surface area contributed by atoms with Crippen molar-refractivity contribution in [2.75, 3.05) is 5.32 Å². The molecule has 1 aliphatic rings. The van der Waals surface area contributed by atoms with Gasteiger partial charge in [0.05, 0.1) is 11.9 Å². The number of carbonyl (C=O) groups excluding carboxylic acids is 2. The van der Waals surface area contributed by atoms with Crippen LogP contribution in [0, 0.1) is 5.41 Å². The van der Waals surface area contributed by atoms with E-state index in [0.717, 1.165) is 11.6 Å². The van der Waals surface area contributed by atoms with Gasteiger partial charge in [0.25, 0.3) is 0 Å². The predicted octanol–water partition coefficient (Wildman–Crippen LogP) is -3.52. The number of carbonyl (C=O) groups is 2. The van der Waals surface area contributed by atoms with E-state index in [4.69, 9.17) is 0 Å². The molecule has 1 fully saturated rings. The van der Waals surface area contributed by atoms with E-state index in [2.05, 4.69) is 15.3 Å². The summed E-state index contributed by atoms with van der Waals surface area (Å²) < 4.78 is 0. The zero-order chi connectivity index (χ0) is 16.7. The molecule has 0 aliphatic heterocycles. The summed E-state index contributed by atoms with van der Waals surface area (Å²) in [5.41, 5.74) is -1.67. The molecular weight excluding hydrogens is 426 g/mol. The number of carboxylic acid groups (broad SMARTS) is 2. The number of nitrogens with one attached hydrogen (secondary N) is 1. The molecule has 12 heteroatoms. The second-order valence-corrected chi connectivity index (χ2v) is 5.07. The second kappa shape index (κ2) is 15.5. The van der Waals surface area contributed by atoms with E-state index in [-0.39, 0.29) is 51.8 Å². The minimum absolute atomic E-state index is 0. The Hall–Kier alpha value is -2.60. The third-order valence-corrected chi connectivity index (χ3v) is 3.57. The smallest absolute Gasteiger partial charge is 0.549 e. The van der Waals surface area contributed by atoms with Crippen LogP contribution in [0.3, 0.4) is 0 Å². The van der Waals surface area contributed by atoms with Gasteiger partial charge in [0.1, 0.15) is 11.6 Å². The van der Waals surface area contributed by atoms with E-state index in [1.165, 1.54) is 0 Å². The number of aliphatic carboxylic acids is 2. The fourth-order valence-corrected chi connectivity index (χ4v) is 2.03. The van der Waals surface area contributed by atoms with Crippen molar-refractivity contribution >= 4 is 23.6 Å². The number of carboxylic acids is 2. The van der Waals surface area contributed by atoms with Gasteiger partial charge < -0.3 is 47.0 Å². The Balaban J connectivity index is -0.000000179. The van der Waals surface area contributed by atoms with Gasteiger partial charge in [-0.2, -0.15) is 0 Å². The molecule has 161 valence electrons. The number of pyridine rings is 2. The van der Waals surface area contributed by atoms with Crippen molar-refractivity contribution in [1.29, 1.82) is 0 Å². The minimum Gasteiger partial charge on any atom is -0.549 e. The summed E-state index contributed by atoms with van der Waals surface area (Å²) >= 11 is 0. The molecule has 3 rings (SSSR count). The van der Waals surface area contributed by atoms with Crippen molar-refractivity contribution in [3.05, 3.63) is 48.8 Å². The molecule has 0 bridgehead atoms. The molecule has 28 heavy (non-hydrogen) atoms. The van der Waals surface area contributed by atoms with Gasteiger partial charge in [-0.15, -0.1) is 0 Å². The number of aromatic nitrogens is 2. The van der Waals surface area contributed by atoms with Crippen LogP contribution in [-0.2, 0) is 32.1 Å². The average molecular weight is 450 g/mol. The van der Waals surface area contributed by atoms with E-state index in [1.807, 2.05) is 36.4 Å². The van der Waals surface area contributed by atoms with Crippen LogP contribution in [-0.4, -0.2) is 38.3 Å². The van der Waals surface area contributed by atoms with E-state index < -0.39 is 17.4 Å². The summed E-state index contributed by atoms with van der Waals surface area (Å²) in [6.45, 7) is 0. The van der Waals surface area contributed by atoms with Gasteiger partial charge in [0, 0.05) is 17.8 Å². The molecule has 11 nitrogen and oxygen atoms in total. The fraction of sp³-hybridized carbons (Fsp3) is 0.250. The Kier molecular flexibility index (Phi) is 18.2. The molecule has 0 aromatic carbocycles. The molecule has 0 amide bonds. The number of hydrogen-bond acceptors (Lipinski definition) is 7. The van der Waals surface area contributed by atoms with Crippen molar-refractivity contribution in [3.63, 3.8) is 0 Å². The zero-order valence-electron chi connectivity index (χ0n) is 14.6. The van der Waals surface area contributed by atoms with Crippen LogP contribution in [0.25, 0.3) is 0 Å². The van der Waals surface area contributed by atoms with E-state index >= 15 is 0 Å². The molecule has 2 heterocycles. The van der Waals surface area contributed by atoms with E-state index in [9.17, 15) is 19.8 Å². The molecule has 0 spiro atoms. The van der Waals surface area contributed by atoms with Gasteiger partial charge in [-0.1, -0.05) is 18.6 Å². The first-order valence-electron chi connectivity index (χ1n) is 7.06. The molecule has 1 radical (unpaired) electrons. The summed E-state index contributed by atoms with van der Waals surface area (Å²) in [6, 6.07) is 11.4. The molecule has 0 unspecified atom stereocenters. The van der Waals surface area contributed by atoms with Gasteiger partial charge in [-0.05, 0) is 37.1 Å². The summed E-state index contributed by atoms with van der Waals surface area (Å²) in [7, 11) is 0.